The van der Waals surface area contributed by atoms with Crippen molar-refractivity contribution in [1.29, 1.82) is 0 Å². The van der Waals surface area contributed by atoms with E-state index in [0.29, 0.717) is 11.5 Å². The van der Waals surface area contributed by atoms with Crippen LogP contribution in [0, 0.1) is 0 Å². The lowest BCUT2D eigenvalue weighted by Crippen LogP contribution is -2.47. The van der Waals surface area contributed by atoms with Crippen molar-refractivity contribution in [2.24, 2.45) is 5.73 Å². The van der Waals surface area contributed by atoms with E-state index >= 15 is 0 Å². The number of aliphatic hydroxyl groups excluding tert-OH is 2. The summed E-state index contributed by atoms with van der Waals surface area (Å²) in [6.45, 7) is 12.4. The Kier molecular flexibility index (Phi) is 8.80. The molecule has 1 rings (SSSR count). The summed E-state index contributed by atoms with van der Waals surface area (Å²) in [7, 11) is -1.17. The molecule has 150 valence electrons. The second-order valence-corrected chi connectivity index (χ2v) is 15.0. The highest BCUT2D eigenvalue weighted by atomic mass is 28.3. The highest BCUT2D eigenvalue weighted by Crippen LogP contribution is 2.39. The minimum Gasteiger partial charge on any atom is -0.494 e. The Morgan fingerprint density at radius 2 is 1.58 bits per heavy atom. The maximum absolute atomic E-state index is 9.24. The minimum absolute atomic E-state index is 0.209. The first-order valence-electron chi connectivity index (χ1n) is 9.75. The van der Waals surface area contributed by atoms with E-state index in [2.05, 4.69) is 33.9 Å². The van der Waals surface area contributed by atoms with E-state index in [1.54, 1.807) is 0 Å². The Balaban J connectivity index is 2.33. The van der Waals surface area contributed by atoms with Crippen molar-refractivity contribution < 1.29 is 14.9 Å². The lowest BCUT2D eigenvalue weighted by molar-refractivity contribution is 0.115. The number of rotatable bonds is 11. The fraction of sp³-hybridized carbons (Fsp3) is 0.714. The van der Waals surface area contributed by atoms with E-state index in [1.807, 2.05) is 24.3 Å². The van der Waals surface area contributed by atoms with E-state index in [-0.39, 0.29) is 13.2 Å². The third-order valence-electron chi connectivity index (χ3n) is 5.96. The van der Waals surface area contributed by atoms with Gasteiger partial charge in [0.15, 0.2) is 0 Å². The zero-order chi connectivity index (χ0) is 19.8. The summed E-state index contributed by atoms with van der Waals surface area (Å²) < 4.78 is 5.86. The molecule has 0 radical (unpaired) electrons. The summed E-state index contributed by atoms with van der Waals surface area (Å²) in [6, 6.07) is 9.37. The van der Waals surface area contributed by atoms with Gasteiger partial charge in [-0.2, -0.15) is 0 Å². The van der Waals surface area contributed by atoms with Crippen molar-refractivity contribution in [3.63, 3.8) is 0 Å². The molecule has 0 saturated carbocycles. The average Bonchev–Trinajstić information content (AvgIpc) is 2.59. The van der Waals surface area contributed by atoms with Crippen molar-refractivity contribution in [2.45, 2.75) is 76.2 Å². The normalized spacial score (nSPS) is 13.1. The molecular weight excluding hydrogens is 342 g/mol. The predicted molar refractivity (Wildman–Crippen MR) is 113 cm³/mol. The molecule has 0 aliphatic rings. The maximum atomic E-state index is 9.24. The van der Waals surface area contributed by atoms with E-state index in [0.717, 1.165) is 30.8 Å². The number of hydrogen-bond acceptors (Lipinski definition) is 4. The first-order valence-corrected chi connectivity index (χ1v) is 13.0. The van der Waals surface area contributed by atoms with Crippen LogP contribution in [0.1, 0.15) is 45.6 Å². The van der Waals surface area contributed by atoms with Gasteiger partial charge in [0.05, 0.1) is 33.4 Å². The topological polar surface area (TPSA) is 75.7 Å². The zero-order valence-corrected chi connectivity index (χ0v) is 18.3. The van der Waals surface area contributed by atoms with Crippen molar-refractivity contribution in [2.75, 3.05) is 19.8 Å². The van der Waals surface area contributed by atoms with Crippen LogP contribution in [0.2, 0.25) is 24.2 Å². The number of nitrogens with two attached hydrogens (primary N) is 1. The third kappa shape index (κ3) is 7.39. The molecule has 4 N–H and O–H groups in total. The first-order chi connectivity index (χ1) is 12.0. The molecule has 0 aliphatic heterocycles. The van der Waals surface area contributed by atoms with E-state index < -0.39 is 13.6 Å². The maximum Gasteiger partial charge on any atom is 0.119 e. The summed E-state index contributed by atoms with van der Waals surface area (Å²) in [5.41, 5.74) is 6.13. The Morgan fingerprint density at radius 3 is 2.08 bits per heavy atom. The summed E-state index contributed by atoms with van der Waals surface area (Å²) >= 11 is 0. The molecule has 0 amide bonds. The fourth-order valence-corrected chi connectivity index (χ4v) is 4.47. The smallest absolute Gasteiger partial charge is 0.119 e. The quantitative estimate of drug-likeness (QED) is 0.400. The Labute approximate surface area is 160 Å². The zero-order valence-electron chi connectivity index (χ0n) is 17.3. The molecule has 0 aliphatic carbocycles. The molecule has 26 heavy (non-hydrogen) atoms. The Hall–Kier alpha value is -0.883. The Morgan fingerprint density at radius 1 is 1.00 bits per heavy atom. The number of unbranched alkanes of at least 4 members (excludes halogenated alkanes) is 1. The average molecular weight is 382 g/mol. The molecule has 0 unspecified atom stereocenters. The van der Waals surface area contributed by atoms with E-state index in [1.165, 1.54) is 12.5 Å². The van der Waals surface area contributed by atoms with Crippen molar-refractivity contribution in [1.82, 2.24) is 0 Å². The molecule has 1 aromatic carbocycles. The molecule has 1 aromatic rings. The van der Waals surface area contributed by atoms with Gasteiger partial charge in [-0.05, 0) is 42.0 Å². The molecule has 0 spiro atoms. The molecule has 0 bridgehead atoms. The highest BCUT2D eigenvalue weighted by Gasteiger charge is 2.33. The number of ether oxygens (including phenoxy) is 1. The summed E-state index contributed by atoms with van der Waals surface area (Å²) in [6.07, 6.45) is 3.60. The van der Waals surface area contributed by atoms with Crippen LogP contribution in [0.5, 0.6) is 5.75 Å². The Bertz CT molecular complexity index is 519. The summed E-state index contributed by atoms with van der Waals surface area (Å²) in [4.78, 5) is 0. The van der Waals surface area contributed by atoms with Crippen molar-refractivity contribution in [3.8, 4) is 5.75 Å². The molecule has 0 saturated heterocycles. The second-order valence-electron chi connectivity index (χ2n) is 9.26. The van der Waals surface area contributed by atoms with Crippen LogP contribution in [0.25, 0.3) is 0 Å². The van der Waals surface area contributed by atoms with Crippen LogP contribution >= 0.6 is 0 Å². The number of hydrogen-bond donors (Lipinski definition) is 3. The van der Waals surface area contributed by atoms with Crippen LogP contribution in [0.3, 0.4) is 0 Å². The molecular formula is C21H39NO3Si. The van der Waals surface area contributed by atoms with Crippen molar-refractivity contribution >= 4 is 8.07 Å². The third-order valence-corrected chi connectivity index (χ3v) is 11.6. The summed E-state index contributed by atoms with van der Waals surface area (Å²) in [5.74, 6) is 0.893. The van der Waals surface area contributed by atoms with Crippen LogP contribution in [0.4, 0.5) is 0 Å². The van der Waals surface area contributed by atoms with Crippen molar-refractivity contribution in [3.05, 3.63) is 29.8 Å². The summed E-state index contributed by atoms with van der Waals surface area (Å²) in [5, 5.41) is 18.9. The minimum atomic E-state index is -1.17. The van der Waals surface area contributed by atoms with Gasteiger partial charge in [0.1, 0.15) is 5.75 Å². The van der Waals surface area contributed by atoms with Gasteiger partial charge in [0, 0.05) is 0 Å². The lowest BCUT2D eigenvalue weighted by atomic mass is 9.94. The lowest BCUT2D eigenvalue weighted by Gasteiger charge is -2.37. The van der Waals surface area contributed by atoms with Gasteiger partial charge >= 0.3 is 0 Å². The molecule has 4 nitrogen and oxygen atoms in total. The standard InChI is InChI=1S/C21H39NO3Si/c1-20(2,3)26(4,5)15-7-6-14-25-19-10-8-18(9-11-19)12-13-21(22,16-23)17-24/h8-11,23-24H,6-7,12-17,22H2,1-5H3. The number of aryl methyl sites for hydroxylation is 1. The predicted octanol–water partition coefficient (Wildman–Crippen LogP) is 3.97. The van der Waals surface area contributed by atoms with Gasteiger partial charge in [-0.3, -0.25) is 0 Å². The molecule has 0 aromatic heterocycles. The van der Waals surface area contributed by atoms with Gasteiger partial charge in [0.25, 0.3) is 0 Å². The second kappa shape index (κ2) is 9.88. The van der Waals surface area contributed by atoms with Gasteiger partial charge < -0.3 is 20.7 Å². The monoisotopic (exact) mass is 381 g/mol. The van der Waals surface area contributed by atoms with Crippen LogP contribution < -0.4 is 10.5 Å². The highest BCUT2D eigenvalue weighted by molar-refractivity contribution is 6.80. The molecule has 0 fully saturated rings. The first kappa shape index (κ1) is 23.2. The molecule has 0 heterocycles. The molecule has 5 heteroatoms. The van der Waals surface area contributed by atoms with Crippen LogP contribution in [0.15, 0.2) is 24.3 Å². The SMILES string of the molecule is CC(C)(C)[Si](C)(C)CCCCOc1ccc(CCC(N)(CO)CO)cc1. The fourth-order valence-electron chi connectivity index (χ4n) is 2.59. The van der Waals surface area contributed by atoms with Gasteiger partial charge in [-0.1, -0.05) is 58.5 Å². The van der Waals surface area contributed by atoms with Gasteiger partial charge in [-0.25, -0.2) is 0 Å². The number of benzene rings is 1. The van der Waals surface area contributed by atoms with Gasteiger partial charge in [0.2, 0.25) is 0 Å². The van der Waals surface area contributed by atoms with Crippen LogP contribution in [-0.2, 0) is 6.42 Å². The van der Waals surface area contributed by atoms with E-state index in [4.69, 9.17) is 10.5 Å². The van der Waals surface area contributed by atoms with Gasteiger partial charge in [-0.15, -0.1) is 0 Å². The molecule has 0 atom stereocenters. The number of aliphatic hydroxyl groups is 2. The van der Waals surface area contributed by atoms with E-state index in [9.17, 15) is 10.2 Å². The van der Waals surface area contributed by atoms with Crippen LogP contribution in [-0.4, -0.2) is 43.6 Å². The largest absolute Gasteiger partial charge is 0.494 e.